The third-order valence-corrected chi connectivity index (χ3v) is 3.56. The fraction of sp³-hybridized carbons (Fsp3) is 0.600. The molecule has 0 radical (unpaired) electrons. The van der Waals surface area contributed by atoms with Gasteiger partial charge in [-0.3, -0.25) is 0 Å². The summed E-state index contributed by atoms with van der Waals surface area (Å²) in [5.74, 6) is 0.804. The molecule has 3 nitrogen and oxygen atoms in total. The molecule has 0 aromatic heterocycles. The first-order valence-corrected chi connectivity index (χ1v) is 6.79. The lowest BCUT2D eigenvalue weighted by Crippen LogP contribution is -2.40. The fourth-order valence-corrected chi connectivity index (χ4v) is 2.64. The second kappa shape index (κ2) is 5.09. The zero-order valence-corrected chi connectivity index (χ0v) is 11.7. The average Bonchev–Trinajstić information content (AvgIpc) is 2.31. The Morgan fingerprint density at radius 3 is 2.83 bits per heavy atom. The molecular formula is C15H24N2O. The molecule has 0 bridgehead atoms. The zero-order valence-electron chi connectivity index (χ0n) is 11.7. The van der Waals surface area contributed by atoms with E-state index in [9.17, 15) is 0 Å². The maximum absolute atomic E-state index is 5.91. The summed E-state index contributed by atoms with van der Waals surface area (Å²) in [7, 11) is 0. The van der Waals surface area contributed by atoms with Crippen LogP contribution in [0, 0.1) is 5.41 Å². The number of nitrogen functional groups attached to an aromatic ring is 1. The van der Waals surface area contributed by atoms with Gasteiger partial charge in [0.05, 0.1) is 12.3 Å². The monoisotopic (exact) mass is 248 g/mol. The van der Waals surface area contributed by atoms with Gasteiger partial charge in [0.15, 0.2) is 0 Å². The van der Waals surface area contributed by atoms with Gasteiger partial charge in [0.1, 0.15) is 5.75 Å². The lowest BCUT2D eigenvalue weighted by molar-refractivity contribution is 0.292. The zero-order chi connectivity index (χ0) is 13.2. The van der Waals surface area contributed by atoms with Crippen LogP contribution in [0.25, 0.3) is 0 Å². The minimum absolute atomic E-state index is 0.394. The summed E-state index contributed by atoms with van der Waals surface area (Å²) in [5, 5.41) is 0. The van der Waals surface area contributed by atoms with E-state index < -0.39 is 0 Å². The third-order valence-electron chi connectivity index (χ3n) is 3.56. The number of piperidine rings is 1. The number of hydrogen-bond acceptors (Lipinski definition) is 3. The van der Waals surface area contributed by atoms with Gasteiger partial charge in [0, 0.05) is 24.8 Å². The standard InChI is InChI=1S/C15H24N2O/c1-4-18-14-10-12(6-7-13(14)16)17-9-5-8-15(2,3)11-17/h6-7,10H,4-5,8-9,11,16H2,1-3H3. The quantitative estimate of drug-likeness (QED) is 0.834. The Bertz CT molecular complexity index is 415. The highest BCUT2D eigenvalue weighted by atomic mass is 16.5. The van der Waals surface area contributed by atoms with E-state index in [2.05, 4.69) is 30.9 Å². The number of nitrogens with two attached hydrogens (primary N) is 1. The van der Waals surface area contributed by atoms with Crippen LogP contribution < -0.4 is 15.4 Å². The van der Waals surface area contributed by atoms with Crippen LogP contribution in [0.2, 0.25) is 0 Å². The Morgan fingerprint density at radius 2 is 2.17 bits per heavy atom. The molecule has 3 heteroatoms. The molecule has 1 aromatic carbocycles. The van der Waals surface area contributed by atoms with Crippen molar-refractivity contribution < 1.29 is 4.74 Å². The van der Waals surface area contributed by atoms with Crippen molar-refractivity contribution >= 4 is 11.4 Å². The molecule has 0 atom stereocenters. The molecule has 0 spiro atoms. The van der Waals surface area contributed by atoms with Crippen LogP contribution in [0.1, 0.15) is 33.6 Å². The van der Waals surface area contributed by atoms with E-state index in [0.29, 0.717) is 12.0 Å². The predicted molar refractivity (Wildman–Crippen MR) is 77.3 cm³/mol. The summed E-state index contributed by atoms with van der Waals surface area (Å²) in [5.41, 5.74) is 8.25. The number of nitrogens with zero attached hydrogens (tertiary/aromatic N) is 1. The Morgan fingerprint density at radius 1 is 1.39 bits per heavy atom. The SMILES string of the molecule is CCOc1cc(N2CCCC(C)(C)C2)ccc1N. The second-order valence-electron chi connectivity index (χ2n) is 5.84. The first-order chi connectivity index (χ1) is 8.52. The number of anilines is 2. The van der Waals surface area contributed by atoms with E-state index in [0.717, 1.165) is 24.5 Å². The van der Waals surface area contributed by atoms with Gasteiger partial charge in [-0.05, 0) is 37.3 Å². The van der Waals surface area contributed by atoms with E-state index in [-0.39, 0.29) is 0 Å². The van der Waals surface area contributed by atoms with Crippen LogP contribution >= 0.6 is 0 Å². The molecule has 0 amide bonds. The van der Waals surface area contributed by atoms with Crippen LogP contribution in [-0.4, -0.2) is 19.7 Å². The van der Waals surface area contributed by atoms with E-state index in [1.807, 2.05) is 13.0 Å². The molecular weight excluding hydrogens is 224 g/mol. The van der Waals surface area contributed by atoms with Crippen molar-refractivity contribution in [1.82, 2.24) is 0 Å². The molecule has 1 aliphatic heterocycles. The molecule has 0 saturated carbocycles. The predicted octanol–water partition coefficient (Wildman–Crippen LogP) is 3.29. The van der Waals surface area contributed by atoms with Gasteiger partial charge in [-0.1, -0.05) is 13.8 Å². The normalized spacial score (nSPS) is 18.7. The molecule has 1 heterocycles. The van der Waals surface area contributed by atoms with Crippen LogP contribution in [0.3, 0.4) is 0 Å². The number of benzene rings is 1. The van der Waals surface area contributed by atoms with Crippen molar-refractivity contribution in [3.05, 3.63) is 18.2 Å². The van der Waals surface area contributed by atoms with Crippen molar-refractivity contribution in [2.75, 3.05) is 30.3 Å². The molecule has 0 aliphatic carbocycles. The van der Waals surface area contributed by atoms with Crippen molar-refractivity contribution in [2.45, 2.75) is 33.6 Å². The van der Waals surface area contributed by atoms with E-state index in [1.165, 1.54) is 18.5 Å². The Kier molecular flexibility index (Phi) is 3.69. The van der Waals surface area contributed by atoms with E-state index >= 15 is 0 Å². The summed E-state index contributed by atoms with van der Waals surface area (Å²) in [6.45, 7) is 9.52. The van der Waals surface area contributed by atoms with Crippen molar-refractivity contribution in [3.8, 4) is 5.75 Å². The summed E-state index contributed by atoms with van der Waals surface area (Å²) in [6, 6.07) is 6.11. The lowest BCUT2D eigenvalue weighted by atomic mass is 9.84. The van der Waals surface area contributed by atoms with Gasteiger partial charge >= 0.3 is 0 Å². The highest BCUT2D eigenvalue weighted by molar-refractivity contribution is 5.62. The average molecular weight is 248 g/mol. The molecule has 100 valence electrons. The smallest absolute Gasteiger partial charge is 0.144 e. The molecule has 2 rings (SSSR count). The highest BCUT2D eigenvalue weighted by Gasteiger charge is 2.26. The molecule has 1 saturated heterocycles. The molecule has 1 aromatic rings. The van der Waals surface area contributed by atoms with E-state index in [1.54, 1.807) is 0 Å². The second-order valence-corrected chi connectivity index (χ2v) is 5.84. The van der Waals surface area contributed by atoms with Gasteiger partial charge < -0.3 is 15.4 Å². The third kappa shape index (κ3) is 2.89. The van der Waals surface area contributed by atoms with Crippen LogP contribution in [-0.2, 0) is 0 Å². The summed E-state index contributed by atoms with van der Waals surface area (Å²) < 4.78 is 5.57. The topological polar surface area (TPSA) is 38.5 Å². The van der Waals surface area contributed by atoms with E-state index in [4.69, 9.17) is 10.5 Å². The van der Waals surface area contributed by atoms with Gasteiger partial charge in [0.2, 0.25) is 0 Å². The fourth-order valence-electron chi connectivity index (χ4n) is 2.64. The first kappa shape index (κ1) is 13.1. The maximum Gasteiger partial charge on any atom is 0.144 e. The van der Waals surface area contributed by atoms with Crippen LogP contribution in [0.4, 0.5) is 11.4 Å². The summed E-state index contributed by atoms with van der Waals surface area (Å²) in [6.07, 6.45) is 2.55. The highest BCUT2D eigenvalue weighted by Crippen LogP contribution is 2.34. The minimum atomic E-state index is 0.394. The number of rotatable bonds is 3. The Balaban J connectivity index is 2.20. The first-order valence-electron chi connectivity index (χ1n) is 6.79. The maximum atomic E-state index is 5.91. The molecule has 18 heavy (non-hydrogen) atoms. The van der Waals surface area contributed by atoms with Crippen molar-refractivity contribution in [2.24, 2.45) is 5.41 Å². The molecule has 0 unspecified atom stereocenters. The Hall–Kier alpha value is -1.38. The summed E-state index contributed by atoms with van der Waals surface area (Å²) >= 11 is 0. The Labute approximate surface area is 110 Å². The number of hydrogen-bond donors (Lipinski definition) is 1. The van der Waals surface area contributed by atoms with Crippen molar-refractivity contribution in [3.63, 3.8) is 0 Å². The molecule has 2 N–H and O–H groups in total. The van der Waals surface area contributed by atoms with Crippen LogP contribution in [0.15, 0.2) is 18.2 Å². The van der Waals surface area contributed by atoms with Crippen LogP contribution in [0.5, 0.6) is 5.75 Å². The molecule has 1 aliphatic rings. The van der Waals surface area contributed by atoms with Gasteiger partial charge in [-0.2, -0.15) is 0 Å². The van der Waals surface area contributed by atoms with Gasteiger partial charge in [-0.25, -0.2) is 0 Å². The van der Waals surface area contributed by atoms with Gasteiger partial charge in [-0.15, -0.1) is 0 Å². The molecule has 1 fully saturated rings. The summed E-state index contributed by atoms with van der Waals surface area (Å²) in [4.78, 5) is 2.44. The van der Waals surface area contributed by atoms with Gasteiger partial charge in [0.25, 0.3) is 0 Å². The number of ether oxygens (including phenoxy) is 1. The largest absolute Gasteiger partial charge is 0.492 e. The van der Waals surface area contributed by atoms with Crippen molar-refractivity contribution in [1.29, 1.82) is 0 Å². The lowest BCUT2D eigenvalue weighted by Gasteiger charge is -2.39. The minimum Gasteiger partial charge on any atom is -0.492 e.